The third-order valence-electron chi connectivity index (χ3n) is 9.68. The highest BCUT2D eigenvalue weighted by atomic mass is 32.1. The quantitative estimate of drug-likeness (QED) is 0.193. The monoisotopic (exact) mass is 631 g/mol. The molecule has 48 heavy (non-hydrogen) atoms. The molecule has 0 atom stereocenters. The Morgan fingerprint density at radius 1 is 0.583 bits per heavy atom. The van der Waals surface area contributed by atoms with Crippen LogP contribution in [-0.2, 0) is 6.42 Å². The van der Waals surface area contributed by atoms with Crippen molar-refractivity contribution >= 4 is 59.4 Å². The molecule has 0 amide bonds. The Labute approximate surface area is 282 Å². The second-order valence-electron chi connectivity index (χ2n) is 12.5. The minimum absolute atomic E-state index is 0.747. The fraction of sp³-hybridized carbons (Fsp3) is 0.0455. The van der Waals surface area contributed by atoms with Crippen LogP contribution in [0.3, 0.4) is 0 Å². The van der Waals surface area contributed by atoms with Crippen molar-refractivity contribution in [3.63, 3.8) is 0 Å². The maximum Gasteiger partial charge on any atom is 0.160 e. The standard InChI is InChI=1S/C44H29N3S/c1-2-14-29(15-3-1)44-45-40(36-23-11-16-28-13-4-5-19-32(28)36)43-41(46-44)37-24-12-22-33(42(37)48-43)30-17-10-18-31(27-30)47-38-25-8-6-20-34(38)35-21-7-9-26-39(35)47/h1-8,10-25,27H,9,26H2. The van der Waals surface area contributed by atoms with E-state index in [9.17, 15) is 0 Å². The molecule has 0 saturated carbocycles. The summed E-state index contributed by atoms with van der Waals surface area (Å²) in [5.74, 6) is 0.747. The van der Waals surface area contributed by atoms with Crippen LogP contribution >= 0.6 is 11.3 Å². The van der Waals surface area contributed by atoms with Gasteiger partial charge in [-0.2, -0.15) is 0 Å². The summed E-state index contributed by atoms with van der Waals surface area (Å²) in [6, 6.07) is 49.9. The van der Waals surface area contributed by atoms with Crippen molar-refractivity contribution in [2.45, 2.75) is 12.8 Å². The van der Waals surface area contributed by atoms with Gasteiger partial charge in [0.2, 0.25) is 0 Å². The first-order valence-electron chi connectivity index (χ1n) is 16.5. The van der Waals surface area contributed by atoms with Gasteiger partial charge in [-0.3, -0.25) is 0 Å². The van der Waals surface area contributed by atoms with Crippen LogP contribution in [0, 0.1) is 0 Å². The van der Waals surface area contributed by atoms with Crippen molar-refractivity contribution in [3.05, 3.63) is 157 Å². The van der Waals surface area contributed by atoms with E-state index in [1.807, 2.05) is 6.07 Å². The lowest BCUT2D eigenvalue weighted by atomic mass is 10.0. The predicted molar refractivity (Wildman–Crippen MR) is 203 cm³/mol. The number of hydrogen-bond acceptors (Lipinski definition) is 3. The lowest BCUT2D eigenvalue weighted by Gasteiger charge is -2.14. The molecular weight excluding hydrogens is 603 g/mol. The molecule has 0 aliphatic heterocycles. The smallest absolute Gasteiger partial charge is 0.160 e. The van der Waals surface area contributed by atoms with Gasteiger partial charge in [0.25, 0.3) is 0 Å². The summed E-state index contributed by atoms with van der Waals surface area (Å²) in [5.41, 5.74) is 11.7. The molecule has 9 aromatic rings. The second kappa shape index (κ2) is 10.9. The summed E-state index contributed by atoms with van der Waals surface area (Å²) >= 11 is 1.80. The first kappa shape index (κ1) is 27.3. The van der Waals surface area contributed by atoms with Gasteiger partial charge in [0.05, 0.1) is 21.4 Å². The Kier molecular flexibility index (Phi) is 6.18. The van der Waals surface area contributed by atoms with Gasteiger partial charge in [-0.1, -0.05) is 133 Å². The largest absolute Gasteiger partial charge is 0.313 e. The Balaban J connectivity index is 1.22. The summed E-state index contributed by atoms with van der Waals surface area (Å²) < 4.78 is 4.81. The van der Waals surface area contributed by atoms with Crippen LogP contribution in [0.4, 0.5) is 0 Å². The molecule has 0 unspecified atom stereocenters. The van der Waals surface area contributed by atoms with E-state index in [2.05, 4.69) is 150 Å². The van der Waals surface area contributed by atoms with Crippen molar-refractivity contribution < 1.29 is 0 Å². The van der Waals surface area contributed by atoms with Gasteiger partial charge in [0.1, 0.15) is 0 Å². The van der Waals surface area contributed by atoms with Crippen molar-refractivity contribution in [2.75, 3.05) is 0 Å². The zero-order valence-corrected chi connectivity index (χ0v) is 26.9. The number of fused-ring (bicyclic) bond motifs is 7. The zero-order chi connectivity index (χ0) is 31.6. The molecular formula is C44H29N3S. The average Bonchev–Trinajstić information content (AvgIpc) is 3.71. The number of allylic oxidation sites excluding steroid dienone is 1. The molecule has 1 aliphatic rings. The first-order valence-corrected chi connectivity index (χ1v) is 17.3. The summed E-state index contributed by atoms with van der Waals surface area (Å²) in [6.45, 7) is 0. The predicted octanol–water partition coefficient (Wildman–Crippen LogP) is 11.9. The fourth-order valence-electron chi connectivity index (χ4n) is 7.50. The van der Waals surface area contributed by atoms with Gasteiger partial charge in [-0.05, 0) is 52.9 Å². The number of thiophene rings is 1. The highest BCUT2D eigenvalue weighted by molar-refractivity contribution is 7.26. The van der Waals surface area contributed by atoms with Gasteiger partial charge in [-0.15, -0.1) is 11.3 Å². The third kappa shape index (κ3) is 4.20. The van der Waals surface area contributed by atoms with Crippen molar-refractivity contribution in [1.29, 1.82) is 0 Å². The zero-order valence-electron chi connectivity index (χ0n) is 26.1. The summed E-state index contributed by atoms with van der Waals surface area (Å²) in [7, 11) is 0. The molecule has 0 fully saturated rings. The molecule has 1 aliphatic carbocycles. The molecule has 4 heteroatoms. The number of benzene rings is 6. The molecule has 3 heterocycles. The minimum atomic E-state index is 0.747. The fourth-order valence-corrected chi connectivity index (χ4v) is 8.78. The maximum atomic E-state index is 5.30. The minimum Gasteiger partial charge on any atom is -0.313 e. The van der Waals surface area contributed by atoms with Crippen molar-refractivity contribution in [1.82, 2.24) is 14.5 Å². The van der Waals surface area contributed by atoms with Crippen LogP contribution in [0.1, 0.15) is 17.7 Å². The number of rotatable bonds is 4. The van der Waals surface area contributed by atoms with E-state index in [-0.39, 0.29) is 0 Å². The first-order chi connectivity index (χ1) is 23.8. The van der Waals surface area contributed by atoms with Crippen LogP contribution in [0.5, 0.6) is 0 Å². The molecule has 10 rings (SSSR count). The van der Waals surface area contributed by atoms with E-state index in [1.54, 1.807) is 11.3 Å². The van der Waals surface area contributed by atoms with Crippen LogP contribution < -0.4 is 0 Å². The Bertz CT molecular complexity index is 2730. The molecule has 0 N–H and O–H groups in total. The van der Waals surface area contributed by atoms with Gasteiger partial charge in [-0.25, -0.2) is 9.97 Å². The Morgan fingerprint density at radius 2 is 1.31 bits per heavy atom. The lowest BCUT2D eigenvalue weighted by Crippen LogP contribution is -2.03. The van der Waals surface area contributed by atoms with Crippen LogP contribution in [-0.4, -0.2) is 14.5 Å². The van der Waals surface area contributed by atoms with Crippen LogP contribution in [0.25, 0.3) is 87.5 Å². The van der Waals surface area contributed by atoms with E-state index >= 15 is 0 Å². The molecule has 226 valence electrons. The van der Waals surface area contributed by atoms with Crippen molar-refractivity contribution in [3.8, 4) is 39.5 Å². The molecule has 3 nitrogen and oxygen atoms in total. The molecule has 0 radical (unpaired) electrons. The van der Waals surface area contributed by atoms with Gasteiger partial charge >= 0.3 is 0 Å². The number of aromatic nitrogens is 3. The number of para-hydroxylation sites is 1. The molecule has 3 aromatic heterocycles. The van der Waals surface area contributed by atoms with Crippen molar-refractivity contribution in [2.24, 2.45) is 0 Å². The van der Waals surface area contributed by atoms with Crippen LogP contribution in [0.2, 0.25) is 0 Å². The van der Waals surface area contributed by atoms with E-state index in [1.165, 1.54) is 54.4 Å². The average molecular weight is 632 g/mol. The maximum absolute atomic E-state index is 5.30. The highest BCUT2D eigenvalue weighted by Gasteiger charge is 2.21. The lowest BCUT2D eigenvalue weighted by molar-refractivity contribution is 0.889. The summed E-state index contributed by atoms with van der Waals surface area (Å²) in [4.78, 5) is 10.6. The topological polar surface area (TPSA) is 30.7 Å². The normalized spacial score (nSPS) is 12.8. The molecule has 0 bridgehead atoms. The van der Waals surface area contributed by atoms with Gasteiger partial charge in [0, 0.05) is 43.5 Å². The van der Waals surface area contributed by atoms with Gasteiger partial charge < -0.3 is 4.57 Å². The number of nitrogens with zero attached hydrogens (tertiary/aromatic N) is 3. The summed E-state index contributed by atoms with van der Waals surface area (Å²) in [6.07, 6.45) is 6.71. The third-order valence-corrected chi connectivity index (χ3v) is 10.9. The molecule has 0 spiro atoms. The van der Waals surface area contributed by atoms with Gasteiger partial charge in [0.15, 0.2) is 5.82 Å². The number of hydrogen-bond donors (Lipinski definition) is 0. The Hall–Kier alpha value is -5.84. The SMILES string of the molecule is C1=Cc2c(n(-c3cccc(-c4cccc5c4sc4c(-c6cccc7ccccc67)nc(-c6ccccc6)nc45)c3)c3ccccc23)CC1. The van der Waals surface area contributed by atoms with E-state index < -0.39 is 0 Å². The Morgan fingerprint density at radius 3 is 2.25 bits per heavy atom. The van der Waals surface area contributed by atoms with E-state index in [4.69, 9.17) is 9.97 Å². The second-order valence-corrected chi connectivity index (χ2v) is 13.5. The highest BCUT2D eigenvalue weighted by Crippen LogP contribution is 2.45. The molecule has 0 saturated heterocycles. The van der Waals surface area contributed by atoms with E-state index in [0.717, 1.165) is 51.1 Å². The van der Waals surface area contributed by atoms with Crippen LogP contribution in [0.15, 0.2) is 146 Å². The molecule has 6 aromatic carbocycles. The summed E-state index contributed by atoms with van der Waals surface area (Å²) in [5, 5.41) is 4.88. The van der Waals surface area contributed by atoms with E-state index in [0.29, 0.717) is 0 Å².